The van der Waals surface area contributed by atoms with Gasteiger partial charge in [0.1, 0.15) is 0 Å². The minimum atomic E-state index is -1.35. The van der Waals surface area contributed by atoms with E-state index < -0.39 is 17.5 Å². The van der Waals surface area contributed by atoms with Crippen LogP contribution in [0.3, 0.4) is 0 Å². The molecule has 1 atom stereocenters. The number of rotatable bonds is 4. The maximum atomic E-state index is 13.9. The number of imide groups is 1. The van der Waals surface area contributed by atoms with Crippen molar-refractivity contribution >= 4 is 28.2 Å². The highest BCUT2D eigenvalue weighted by atomic mass is 32.1. The Balaban J connectivity index is 1.61. The molecule has 1 aliphatic heterocycles. The SMILES string of the molecule is Cc1ccc([C@]2(c3ccccc3)NC(=O)N(Cc3cc(=O)n4ccsc4n3)C2=O)cc1C. The van der Waals surface area contributed by atoms with Gasteiger partial charge in [-0.1, -0.05) is 48.5 Å². The van der Waals surface area contributed by atoms with Gasteiger partial charge in [0.15, 0.2) is 10.5 Å². The van der Waals surface area contributed by atoms with Crippen molar-refractivity contribution in [3.05, 3.63) is 104 Å². The molecule has 1 aliphatic rings. The Morgan fingerprint density at radius 3 is 2.50 bits per heavy atom. The molecule has 0 aliphatic carbocycles. The Hall–Kier alpha value is -3.78. The normalized spacial score (nSPS) is 18.4. The summed E-state index contributed by atoms with van der Waals surface area (Å²) >= 11 is 1.32. The maximum Gasteiger partial charge on any atom is 0.325 e. The van der Waals surface area contributed by atoms with Crippen molar-refractivity contribution in [2.45, 2.75) is 25.9 Å². The van der Waals surface area contributed by atoms with E-state index in [1.165, 1.54) is 21.8 Å². The lowest BCUT2D eigenvalue weighted by atomic mass is 9.81. The fraction of sp³-hybridized carbons (Fsp3) is 0.167. The van der Waals surface area contributed by atoms with Gasteiger partial charge in [-0.2, -0.15) is 0 Å². The first kappa shape index (κ1) is 20.1. The number of nitrogens with one attached hydrogen (secondary N) is 1. The summed E-state index contributed by atoms with van der Waals surface area (Å²) in [5.74, 6) is -0.398. The molecule has 0 spiro atoms. The van der Waals surface area contributed by atoms with Crippen molar-refractivity contribution in [1.29, 1.82) is 0 Å². The number of benzene rings is 2. The molecule has 160 valence electrons. The van der Waals surface area contributed by atoms with Crippen molar-refractivity contribution in [1.82, 2.24) is 19.6 Å². The molecule has 4 aromatic rings. The van der Waals surface area contributed by atoms with E-state index in [1.54, 1.807) is 11.6 Å². The van der Waals surface area contributed by atoms with Crippen LogP contribution in [0, 0.1) is 13.8 Å². The molecule has 7 nitrogen and oxygen atoms in total. The average Bonchev–Trinajstić information content (AvgIpc) is 3.36. The number of hydrogen-bond donors (Lipinski definition) is 1. The third-order valence-electron chi connectivity index (χ3n) is 5.93. The number of hydrogen-bond acceptors (Lipinski definition) is 5. The van der Waals surface area contributed by atoms with Crippen molar-refractivity contribution in [2.24, 2.45) is 0 Å². The molecule has 1 saturated heterocycles. The highest BCUT2D eigenvalue weighted by Gasteiger charge is 2.53. The molecule has 1 N–H and O–H groups in total. The predicted molar refractivity (Wildman–Crippen MR) is 122 cm³/mol. The Morgan fingerprint density at radius 1 is 0.969 bits per heavy atom. The summed E-state index contributed by atoms with van der Waals surface area (Å²) < 4.78 is 1.43. The van der Waals surface area contributed by atoms with Crippen LogP contribution in [0.5, 0.6) is 0 Å². The fourth-order valence-corrected chi connectivity index (χ4v) is 4.81. The van der Waals surface area contributed by atoms with E-state index in [1.807, 2.05) is 62.4 Å². The smallest absolute Gasteiger partial charge is 0.315 e. The van der Waals surface area contributed by atoms with E-state index in [2.05, 4.69) is 10.3 Å². The first-order valence-corrected chi connectivity index (χ1v) is 11.0. The molecule has 0 unspecified atom stereocenters. The van der Waals surface area contributed by atoms with Crippen LogP contribution in [0.15, 0.2) is 71.0 Å². The zero-order valence-corrected chi connectivity index (χ0v) is 18.3. The van der Waals surface area contributed by atoms with Crippen LogP contribution in [-0.4, -0.2) is 26.2 Å². The van der Waals surface area contributed by atoms with Crippen LogP contribution in [0.2, 0.25) is 0 Å². The van der Waals surface area contributed by atoms with Gasteiger partial charge in [-0.15, -0.1) is 11.3 Å². The minimum absolute atomic E-state index is 0.0895. The second-order valence-corrected chi connectivity index (χ2v) is 8.75. The molecule has 0 radical (unpaired) electrons. The summed E-state index contributed by atoms with van der Waals surface area (Å²) in [5.41, 5.74) is 2.25. The van der Waals surface area contributed by atoms with Gasteiger partial charge in [-0.3, -0.25) is 18.9 Å². The summed E-state index contributed by atoms with van der Waals surface area (Å²) in [4.78, 5) is 45.4. The number of carbonyl (C=O) groups is 2. The molecule has 8 heteroatoms. The van der Waals surface area contributed by atoms with E-state index in [4.69, 9.17) is 0 Å². The van der Waals surface area contributed by atoms with Crippen molar-refractivity contribution < 1.29 is 9.59 Å². The van der Waals surface area contributed by atoms with Gasteiger partial charge in [0.25, 0.3) is 11.5 Å². The third kappa shape index (κ3) is 3.03. The molecule has 0 saturated carbocycles. The fourth-order valence-electron chi connectivity index (χ4n) is 4.07. The topological polar surface area (TPSA) is 83.8 Å². The number of aromatic nitrogens is 2. The molecule has 3 heterocycles. The zero-order valence-electron chi connectivity index (χ0n) is 17.5. The highest BCUT2D eigenvalue weighted by Crippen LogP contribution is 2.37. The zero-order chi connectivity index (χ0) is 22.5. The molecular weight excluding hydrogens is 424 g/mol. The van der Waals surface area contributed by atoms with Gasteiger partial charge < -0.3 is 5.32 Å². The molecule has 2 aromatic heterocycles. The van der Waals surface area contributed by atoms with Crippen LogP contribution in [0.25, 0.3) is 4.96 Å². The Morgan fingerprint density at radius 2 is 1.75 bits per heavy atom. The Kier molecular flexibility index (Phi) is 4.67. The molecule has 5 rings (SSSR count). The first-order chi connectivity index (χ1) is 15.4. The number of carbonyl (C=O) groups excluding carboxylic acids is 2. The second kappa shape index (κ2) is 7.42. The van der Waals surface area contributed by atoms with Crippen molar-refractivity contribution in [3.63, 3.8) is 0 Å². The molecule has 2 aromatic carbocycles. The Labute approximate surface area is 188 Å². The van der Waals surface area contributed by atoms with Crippen LogP contribution in [0.1, 0.15) is 27.9 Å². The second-order valence-electron chi connectivity index (χ2n) is 7.88. The number of amides is 3. The summed E-state index contributed by atoms with van der Waals surface area (Å²) in [6.45, 7) is 3.89. The summed E-state index contributed by atoms with van der Waals surface area (Å²) in [6, 6.07) is 15.8. The third-order valence-corrected chi connectivity index (χ3v) is 6.69. The summed E-state index contributed by atoms with van der Waals surface area (Å²) in [6.07, 6.45) is 1.65. The van der Waals surface area contributed by atoms with Crippen molar-refractivity contribution in [2.75, 3.05) is 0 Å². The van der Waals surface area contributed by atoms with E-state index in [0.29, 0.717) is 21.8 Å². The minimum Gasteiger partial charge on any atom is -0.315 e. The van der Waals surface area contributed by atoms with Crippen LogP contribution in [-0.2, 0) is 16.9 Å². The van der Waals surface area contributed by atoms with Gasteiger partial charge >= 0.3 is 6.03 Å². The van der Waals surface area contributed by atoms with Gasteiger partial charge in [-0.05, 0) is 36.1 Å². The van der Waals surface area contributed by atoms with Gasteiger partial charge in [0, 0.05) is 17.6 Å². The monoisotopic (exact) mass is 444 g/mol. The largest absolute Gasteiger partial charge is 0.325 e. The number of nitrogens with zero attached hydrogens (tertiary/aromatic N) is 3. The number of aryl methyl sites for hydroxylation is 2. The molecule has 3 amide bonds. The number of fused-ring (bicyclic) bond motifs is 1. The van der Waals surface area contributed by atoms with Gasteiger partial charge in [0.05, 0.1) is 12.2 Å². The molecule has 32 heavy (non-hydrogen) atoms. The highest BCUT2D eigenvalue weighted by molar-refractivity contribution is 7.15. The van der Waals surface area contributed by atoms with Crippen LogP contribution in [0.4, 0.5) is 4.79 Å². The van der Waals surface area contributed by atoms with E-state index >= 15 is 0 Å². The van der Waals surface area contributed by atoms with E-state index in [9.17, 15) is 14.4 Å². The van der Waals surface area contributed by atoms with Gasteiger partial charge in [0.2, 0.25) is 0 Å². The first-order valence-electron chi connectivity index (χ1n) is 10.1. The summed E-state index contributed by atoms with van der Waals surface area (Å²) in [7, 11) is 0. The lowest BCUT2D eigenvalue weighted by Gasteiger charge is -2.28. The number of urea groups is 1. The maximum absolute atomic E-state index is 13.9. The molecule has 1 fully saturated rings. The lowest BCUT2D eigenvalue weighted by molar-refractivity contribution is -0.130. The number of thiazole rings is 1. The molecular formula is C24H20N4O3S. The average molecular weight is 445 g/mol. The standard InChI is InChI=1S/C24H20N4O3S/c1-15-8-9-18(12-16(15)2)24(17-6-4-3-5-7-17)21(30)28(22(31)26-24)14-19-13-20(29)27-10-11-32-23(27)25-19/h3-13H,14H2,1-2H3,(H,26,31)/t24-/m0/s1. The Bertz CT molecular complexity index is 1430. The predicted octanol–water partition coefficient (Wildman–Crippen LogP) is 3.37. The van der Waals surface area contributed by atoms with Crippen LogP contribution >= 0.6 is 11.3 Å². The van der Waals surface area contributed by atoms with Crippen LogP contribution < -0.4 is 10.9 Å². The molecule has 0 bridgehead atoms. The van der Waals surface area contributed by atoms with Crippen molar-refractivity contribution in [3.8, 4) is 0 Å². The summed E-state index contributed by atoms with van der Waals surface area (Å²) in [5, 5.41) is 4.71. The van der Waals surface area contributed by atoms with E-state index in [0.717, 1.165) is 16.0 Å². The quantitative estimate of drug-likeness (QED) is 0.489. The van der Waals surface area contributed by atoms with Gasteiger partial charge in [-0.25, -0.2) is 9.78 Å². The lowest BCUT2D eigenvalue weighted by Crippen LogP contribution is -2.45. The van der Waals surface area contributed by atoms with E-state index in [-0.39, 0.29) is 12.1 Å².